The van der Waals surface area contributed by atoms with Crippen molar-refractivity contribution in [2.24, 2.45) is 17.8 Å². The molecule has 0 radical (unpaired) electrons. The van der Waals surface area contributed by atoms with Crippen LogP contribution in [-0.4, -0.2) is 94.6 Å². The Bertz CT molecular complexity index is 526. The Kier molecular flexibility index (Phi) is 24.1. The monoisotopic (exact) mass is 606 g/mol. The van der Waals surface area contributed by atoms with Crippen LogP contribution in [0.1, 0.15) is 40.5 Å². The molecule has 6 nitrogen and oxygen atoms in total. The van der Waals surface area contributed by atoms with Gasteiger partial charge in [0.15, 0.2) is 0 Å². The Hall–Kier alpha value is 1.33. The molecule has 5 atom stereocenters. The van der Waals surface area contributed by atoms with Crippen LogP contribution in [0, 0.1) is 17.8 Å². The zero-order valence-corrected chi connectivity index (χ0v) is 28.2. The molecule has 0 aliphatic rings. The van der Waals surface area contributed by atoms with Crippen LogP contribution < -0.4 is 0 Å². The van der Waals surface area contributed by atoms with Crippen LogP contribution in [0.5, 0.6) is 0 Å². The maximum Gasteiger partial charge on any atom is 0.334 e. The highest BCUT2D eigenvalue weighted by Gasteiger charge is 2.32. The van der Waals surface area contributed by atoms with Gasteiger partial charge in [-0.2, -0.15) is 12.6 Å². The van der Waals surface area contributed by atoms with E-state index in [2.05, 4.69) is 33.0 Å². The molecule has 0 saturated carbocycles. The minimum absolute atomic E-state index is 0.103. The summed E-state index contributed by atoms with van der Waals surface area (Å²) in [5.74, 6) is 3.15. The molecule has 35 heavy (non-hydrogen) atoms. The van der Waals surface area contributed by atoms with Gasteiger partial charge in [0.05, 0.1) is 22.7 Å². The van der Waals surface area contributed by atoms with Gasteiger partial charge in [-0.15, -0.1) is 23.5 Å². The van der Waals surface area contributed by atoms with E-state index in [1.165, 1.54) is 0 Å². The first-order chi connectivity index (χ1) is 16.7. The quantitative estimate of drug-likeness (QED) is 0.0517. The third-order valence-corrected chi connectivity index (χ3v) is 12.9. The highest BCUT2D eigenvalue weighted by molar-refractivity contribution is 8.47. The molecule has 0 heterocycles. The molecule has 0 aliphatic carbocycles. The van der Waals surface area contributed by atoms with Crippen LogP contribution >= 0.6 is 48.4 Å². The lowest BCUT2D eigenvalue weighted by Gasteiger charge is -2.30. The lowest BCUT2D eigenvalue weighted by Crippen LogP contribution is -2.42. The van der Waals surface area contributed by atoms with Crippen LogP contribution in [0.3, 0.4) is 0 Å². The minimum Gasteiger partial charge on any atom is -0.396 e. The first-order valence-electron chi connectivity index (χ1n) is 12.8. The van der Waals surface area contributed by atoms with E-state index in [9.17, 15) is 10.2 Å². The van der Waals surface area contributed by atoms with Crippen LogP contribution in [0.15, 0.2) is 0 Å². The van der Waals surface area contributed by atoms with Crippen molar-refractivity contribution in [2.45, 2.75) is 65.1 Å². The lowest BCUT2D eigenvalue weighted by molar-refractivity contribution is -0.112. The maximum absolute atomic E-state index is 9.34. The van der Waals surface area contributed by atoms with Crippen LogP contribution in [-0.2, 0) is 18.3 Å². The van der Waals surface area contributed by atoms with Gasteiger partial charge in [-0.25, -0.2) is 0 Å². The van der Waals surface area contributed by atoms with Crippen molar-refractivity contribution in [3.8, 4) is 0 Å². The third kappa shape index (κ3) is 20.9. The predicted octanol–water partition coefficient (Wildman–Crippen LogP) is 4.37. The highest BCUT2D eigenvalue weighted by atomic mass is 32.2. The van der Waals surface area contributed by atoms with Crippen molar-refractivity contribution in [3.63, 3.8) is 0 Å². The molecule has 210 valence electrons. The van der Waals surface area contributed by atoms with Crippen molar-refractivity contribution in [2.75, 3.05) is 56.9 Å². The number of aliphatic hydroxyl groups excluding tert-OH is 2. The van der Waals surface area contributed by atoms with Crippen molar-refractivity contribution >= 4 is 70.0 Å². The first kappa shape index (κ1) is 36.3. The summed E-state index contributed by atoms with van der Waals surface area (Å²) in [5, 5.41) is 18.7. The Morgan fingerprint density at radius 3 is 2.09 bits per heavy atom. The molecule has 0 fully saturated rings. The Morgan fingerprint density at radius 1 is 0.943 bits per heavy atom. The van der Waals surface area contributed by atoms with E-state index in [1.807, 2.05) is 13.8 Å². The van der Waals surface area contributed by atoms with Crippen LogP contribution in [0.25, 0.3) is 0 Å². The van der Waals surface area contributed by atoms with Gasteiger partial charge in [-0.05, 0) is 42.7 Å². The highest BCUT2D eigenvalue weighted by Crippen LogP contribution is 2.20. The zero-order valence-electron chi connectivity index (χ0n) is 22.4. The van der Waals surface area contributed by atoms with Gasteiger partial charge in [0, 0.05) is 44.2 Å². The number of thiol groups is 1. The number of thiocarbonyl (C=S) groups is 1. The molecule has 5 unspecified atom stereocenters. The Labute approximate surface area is 237 Å². The van der Waals surface area contributed by atoms with E-state index in [0.29, 0.717) is 26.4 Å². The Balaban J connectivity index is 4.59. The lowest BCUT2D eigenvalue weighted by atomic mass is 10.2. The van der Waals surface area contributed by atoms with E-state index < -0.39 is 18.1 Å². The third-order valence-electron chi connectivity index (χ3n) is 5.21. The number of hydrogen-bond acceptors (Lipinski definition) is 10. The molecule has 12 heteroatoms. The van der Waals surface area contributed by atoms with E-state index >= 15 is 0 Å². The number of ether oxygens (including phenoxy) is 2. The first-order valence-corrected chi connectivity index (χ1v) is 20.2. The summed E-state index contributed by atoms with van der Waals surface area (Å²) < 4.78 is 25.8. The Morgan fingerprint density at radius 2 is 1.51 bits per heavy atom. The second-order valence-electron chi connectivity index (χ2n) is 9.39. The number of rotatable bonds is 23. The summed E-state index contributed by atoms with van der Waals surface area (Å²) in [6, 6.07) is 2.03. The minimum atomic E-state index is -2.33. The average molecular weight is 607 g/mol. The zero-order chi connectivity index (χ0) is 26.5. The molecular formula is C23H50O6S4Si2. The molecular weight excluding hydrogens is 557 g/mol. The van der Waals surface area contributed by atoms with Crippen LogP contribution in [0.4, 0.5) is 0 Å². The standard InChI is InChI=1S/C23H50O6S4Si2/c1-6-32-23(31)33-10-8-11-34-22(26-15-19(2)13-24)27-16-21(4)18-29-35(5,12-7-9-30)28-17-20(3)14-25/h19-22,24-25,30H,6-18,34H2,1-5H3. The van der Waals surface area contributed by atoms with Crippen LogP contribution in [0.2, 0.25) is 18.6 Å². The largest absolute Gasteiger partial charge is 0.396 e. The topological polar surface area (TPSA) is 77.4 Å². The SMILES string of the molecule is CCSC(=S)SCCC[SiH2]C(OCC(C)CO)OCC(C)CO[Si](C)(CCCS)OCC(C)CO. The molecule has 0 spiro atoms. The van der Waals surface area contributed by atoms with Gasteiger partial charge < -0.3 is 28.5 Å². The molecule has 0 amide bonds. The van der Waals surface area contributed by atoms with Gasteiger partial charge in [-0.1, -0.05) is 46.0 Å². The summed E-state index contributed by atoms with van der Waals surface area (Å²) in [6.07, 6.45) is 2.08. The summed E-state index contributed by atoms with van der Waals surface area (Å²) in [5.41, 5.74) is 0. The van der Waals surface area contributed by atoms with Gasteiger partial charge in [-0.3, -0.25) is 0 Å². The number of thioether (sulfide) groups is 2. The van der Waals surface area contributed by atoms with Crippen molar-refractivity contribution in [3.05, 3.63) is 0 Å². The second-order valence-corrected chi connectivity index (χ2v) is 18.7. The number of aliphatic hydroxyl groups is 2. The normalized spacial score (nSPS) is 17.4. The molecule has 0 bridgehead atoms. The average Bonchev–Trinajstić information content (AvgIpc) is 2.85. The summed E-state index contributed by atoms with van der Waals surface area (Å²) >= 11 is 13.2. The fourth-order valence-corrected chi connectivity index (χ4v) is 9.91. The summed E-state index contributed by atoms with van der Waals surface area (Å²) in [6.45, 7) is 12.7. The van der Waals surface area contributed by atoms with Gasteiger partial charge in [0.25, 0.3) is 0 Å². The maximum atomic E-state index is 9.34. The molecule has 0 aliphatic heterocycles. The molecule has 0 saturated heterocycles. The summed E-state index contributed by atoms with van der Waals surface area (Å²) in [7, 11) is -2.91. The van der Waals surface area contributed by atoms with Gasteiger partial charge >= 0.3 is 8.56 Å². The molecule has 2 N–H and O–H groups in total. The molecule has 0 aromatic heterocycles. The van der Waals surface area contributed by atoms with E-state index in [-0.39, 0.29) is 36.9 Å². The van der Waals surface area contributed by atoms with E-state index in [1.54, 1.807) is 23.5 Å². The predicted molar refractivity (Wildman–Crippen MR) is 165 cm³/mol. The van der Waals surface area contributed by atoms with Crippen molar-refractivity contribution in [1.82, 2.24) is 0 Å². The smallest absolute Gasteiger partial charge is 0.334 e. The van der Waals surface area contributed by atoms with E-state index in [4.69, 9.17) is 30.5 Å². The van der Waals surface area contributed by atoms with E-state index in [0.717, 1.165) is 45.7 Å². The number of hydrogen-bond donors (Lipinski definition) is 3. The molecule has 0 aromatic carbocycles. The van der Waals surface area contributed by atoms with Gasteiger partial charge in [0.2, 0.25) is 0 Å². The van der Waals surface area contributed by atoms with Crippen molar-refractivity contribution in [1.29, 1.82) is 0 Å². The fraction of sp³-hybridized carbons (Fsp3) is 0.957. The molecule has 0 rings (SSSR count). The second kappa shape index (κ2) is 23.2. The fourth-order valence-electron chi connectivity index (χ4n) is 2.86. The van der Waals surface area contributed by atoms with Crippen molar-refractivity contribution < 1.29 is 28.5 Å². The van der Waals surface area contributed by atoms with Gasteiger partial charge in [0.1, 0.15) is 9.44 Å². The molecule has 0 aromatic rings. The summed E-state index contributed by atoms with van der Waals surface area (Å²) in [4.78, 5) is 0.